The summed E-state index contributed by atoms with van der Waals surface area (Å²) in [5.41, 5.74) is 1.37. The Morgan fingerprint density at radius 2 is 1.95 bits per heavy atom. The molecule has 2 aromatic rings. The number of carbonyl (C=O) groups is 1. The zero-order chi connectivity index (χ0) is 13.8. The third-order valence-corrected chi connectivity index (χ3v) is 2.89. The highest BCUT2D eigenvalue weighted by molar-refractivity contribution is 5.89. The van der Waals surface area contributed by atoms with Crippen LogP contribution in [0.4, 0.5) is 0 Å². The maximum Gasteiger partial charge on any atom is 0.221 e. The van der Waals surface area contributed by atoms with E-state index in [0.29, 0.717) is 22.9 Å². The Hall–Kier alpha value is -2.30. The summed E-state index contributed by atoms with van der Waals surface area (Å²) < 4.78 is 15.8. The minimum absolute atomic E-state index is 0.187. The van der Waals surface area contributed by atoms with Gasteiger partial charge in [-0.3, -0.25) is 0 Å². The lowest BCUT2D eigenvalue weighted by atomic mass is 10.1. The fourth-order valence-electron chi connectivity index (χ4n) is 2.02. The SMILES string of the molecule is COc1ccc2nc(OC)c(CC=O)c(OC)c2c1. The first-order valence-corrected chi connectivity index (χ1v) is 5.77. The average Bonchev–Trinajstić information content (AvgIpc) is 2.46. The van der Waals surface area contributed by atoms with Gasteiger partial charge in [-0.25, -0.2) is 4.98 Å². The Labute approximate surface area is 111 Å². The zero-order valence-electron chi connectivity index (χ0n) is 11.1. The molecule has 2 rings (SSSR count). The van der Waals surface area contributed by atoms with Crippen molar-refractivity contribution in [2.75, 3.05) is 21.3 Å². The van der Waals surface area contributed by atoms with Crippen LogP contribution in [-0.2, 0) is 11.2 Å². The van der Waals surface area contributed by atoms with E-state index in [1.165, 1.54) is 7.11 Å². The summed E-state index contributed by atoms with van der Waals surface area (Å²) in [6, 6.07) is 5.46. The number of methoxy groups -OCH3 is 3. The van der Waals surface area contributed by atoms with Gasteiger partial charge >= 0.3 is 0 Å². The molecule has 0 unspecified atom stereocenters. The number of fused-ring (bicyclic) bond motifs is 1. The second kappa shape index (κ2) is 5.56. The smallest absolute Gasteiger partial charge is 0.221 e. The molecular weight excluding hydrogens is 246 g/mol. The van der Waals surface area contributed by atoms with E-state index in [0.717, 1.165) is 17.2 Å². The van der Waals surface area contributed by atoms with Crippen LogP contribution in [0.2, 0.25) is 0 Å². The molecule has 0 bridgehead atoms. The first-order chi connectivity index (χ1) is 9.24. The molecule has 19 heavy (non-hydrogen) atoms. The monoisotopic (exact) mass is 261 g/mol. The minimum Gasteiger partial charge on any atom is -0.497 e. The Morgan fingerprint density at radius 3 is 2.53 bits per heavy atom. The van der Waals surface area contributed by atoms with Gasteiger partial charge in [0.2, 0.25) is 5.88 Å². The second-order valence-corrected chi connectivity index (χ2v) is 3.89. The molecule has 0 radical (unpaired) electrons. The van der Waals surface area contributed by atoms with Crippen molar-refractivity contribution in [1.82, 2.24) is 4.98 Å². The molecule has 0 amide bonds. The van der Waals surface area contributed by atoms with Gasteiger partial charge in [0.15, 0.2) is 0 Å². The maximum atomic E-state index is 10.8. The van der Waals surface area contributed by atoms with Gasteiger partial charge < -0.3 is 19.0 Å². The van der Waals surface area contributed by atoms with Crippen molar-refractivity contribution in [2.24, 2.45) is 0 Å². The van der Waals surface area contributed by atoms with Crippen molar-refractivity contribution in [3.63, 3.8) is 0 Å². The van der Waals surface area contributed by atoms with Crippen LogP contribution in [-0.4, -0.2) is 32.6 Å². The van der Waals surface area contributed by atoms with E-state index in [2.05, 4.69) is 4.98 Å². The van der Waals surface area contributed by atoms with Crippen molar-refractivity contribution >= 4 is 17.2 Å². The van der Waals surface area contributed by atoms with Gasteiger partial charge in [0.25, 0.3) is 0 Å². The first-order valence-electron chi connectivity index (χ1n) is 5.77. The fourth-order valence-corrected chi connectivity index (χ4v) is 2.02. The zero-order valence-corrected chi connectivity index (χ0v) is 11.1. The molecular formula is C14H15NO4. The molecule has 1 heterocycles. The predicted octanol–water partition coefficient (Wildman–Crippen LogP) is 2.00. The molecule has 0 fully saturated rings. The van der Waals surface area contributed by atoms with Gasteiger partial charge in [-0.05, 0) is 18.2 Å². The maximum absolute atomic E-state index is 10.8. The number of rotatable bonds is 5. The molecule has 5 nitrogen and oxygen atoms in total. The Kier molecular flexibility index (Phi) is 3.85. The van der Waals surface area contributed by atoms with Crippen molar-refractivity contribution in [3.8, 4) is 17.4 Å². The van der Waals surface area contributed by atoms with Crippen LogP contribution in [0.3, 0.4) is 0 Å². The molecule has 0 aliphatic heterocycles. The number of hydrogen-bond donors (Lipinski definition) is 0. The van der Waals surface area contributed by atoms with Gasteiger partial charge in [-0.2, -0.15) is 0 Å². The number of ether oxygens (including phenoxy) is 3. The summed E-state index contributed by atoms with van der Waals surface area (Å²) in [6.45, 7) is 0. The number of nitrogens with zero attached hydrogens (tertiary/aromatic N) is 1. The highest BCUT2D eigenvalue weighted by Gasteiger charge is 2.16. The van der Waals surface area contributed by atoms with E-state index in [9.17, 15) is 4.79 Å². The van der Waals surface area contributed by atoms with E-state index in [1.807, 2.05) is 18.2 Å². The standard InChI is InChI=1S/C14H15NO4/c1-17-9-4-5-12-11(8-9)13(18-2)10(6-7-16)14(15-12)19-3/h4-5,7-8H,6H2,1-3H3. The van der Waals surface area contributed by atoms with E-state index < -0.39 is 0 Å². The summed E-state index contributed by atoms with van der Waals surface area (Å²) in [4.78, 5) is 15.2. The summed E-state index contributed by atoms with van der Waals surface area (Å²) in [7, 11) is 4.67. The molecule has 1 aromatic heterocycles. The third kappa shape index (κ3) is 2.31. The topological polar surface area (TPSA) is 57.7 Å². The van der Waals surface area contributed by atoms with Crippen LogP contribution in [0.5, 0.6) is 17.4 Å². The number of pyridine rings is 1. The molecule has 0 spiro atoms. The normalized spacial score (nSPS) is 10.3. The van der Waals surface area contributed by atoms with E-state index in [4.69, 9.17) is 14.2 Å². The largest absolute Gasteiger partial charge is 0.497 e. The molecule has 0 atom stereocenters. The highest BCUT2D eigenvalue weighted by atomic mass is 16.5. The van der Waals surface area contributed by atoms with Crippen molar-refractivity contribution in [2.45, 2.75) is 6.42 Å². The lowest BCUT2D eigenvalue weighted by Gasteiger charge is -2.14. The van der Waals surface area contributed by atoms with Gasteiger partial charge in [0, 0.05) is 11.8 Å². The summed E-state index contributed by atoms with van der Waals surface area (Å²) in [5, 5.41) is 0.791. The fraction of sp³-hybridized carbons (Fsp3) is 0.286. The van der Waals surface area contributed by atoms with Crippen molar-refractivity contribution in [1.29, 1.82) is 0 Å². The van der Waals surface area contributed by atoms with Crippen LogP contribution < -0.4 is 14.2 Å². The molecule has 0 aliphatic rings. The molecule has 5 heteroatoms. The van der Waals surface area contributed by atoms with Crippen molar-refractivity contribution in [3.05, 3.63) is 23.8 Å². The summed E-state index contributed by atoms with van der Waals surface area (Å²) >= 11 is 0. The summed E-state index contributed by atoms with van der Waals surface area (Å²) in [6.07, 6.45) is 0.987. The van der Waals surface area contributed by atoms with Crippen LogP contribution in [0, 0.1) is 0 Å². The van der Waals surface area contributed by atoms with Crippen LogP contribution >= 0.6 is 0 Å². The van der Waals surface area contributed by atoms with Crippen LogP contribution in [0.1, 0.15) is 5.56 Å². The predicted molar refractivity (Wildman–Crippen MR) is 71.2 cm³/mol. The van der Waals surface area contributed by atoms with Gasteiger partial charge in [0.05, 0.1) is 32.4 Å². The molecule has 0 saturated carbocycles. The first kappa shape index (κ1) is 13.1. The van der Waals surface area contributed by atoms with Gasteiger partial charge in [-0.15, -0.1) is 0 Å². The second-order valence-electron chi connectivity index (χ2n) is 3.89. The molecule has 0 aliphatic carbocycles. The molecule has 100 valence electrons. The van der Waals surface area contributed by atoms with Crippen molar-refractivity contribution < 1.29 is 19.0 Å². The Balaban J connectivity index is 2.78. The lowest BCUT2D eigenvalue weighted by Crippen LogP contribution is -2.01. The summed E-state index contributed by atoms with van der Waals surface area (Å²) in [5.74, 6) is 1.70. The highest BCUT2D eigenvalue weighted by Crippen LogP contribution is 2.36. The number of hydrogen-bond acceptors (Lipinski definition) is 5. The van der Waals surface area contributed by atoms with Gasteiger partial charge in [0.1, 0.15) is 17.8 Å². The molecule has 0 N–H and O–H groups in total. The third-order valence-electron chi connectivity index (χ3n) is 2.89. The lowest BCUT2D eigenvalue weighted by molar-refractivity contribution is -0.107. The van der Waals surface area contributed by atoms with E-state index in [-0.39, 0.29) is 6.42 Å². The van der Waals surface area contributed by atoms with Crippen LogP contribution in [0.25, 0.3) is 10.9 Å². The number of aldehydes is 1. The number of aromatic nitrogens is 1. The number of benzene rings is 1. The number of carbonyl (C=O) groups excluding carboxylic acids is 1. The average molecular weight is 261 g/mol. The molecule has 1 aromatic carbocycles. The molecule has 0 saturated heterocycles. The minimum atomic E-state index is 0.187. The van der Waals surface area contributed by atoms with E-state index >= 15 is 0 Å². The van der Waals surface area contributed by atoms with Gasteiger partial charge in [-0.1, -0.05) is 0 Å². The van der Waals surface area contributed by atoms with E-state index in [1.54, 1.807) is 14.2 Å². The Bertz CT molecular complexity index is 610. The van der Waals surface area contributed by atoms with Crippen LogP contribution in [0.15, 0.2) is 18.2 Å². The Morgan fingerprint density at radius 1 is 1.16 bits per heavy atom. The quantitative estimate of drug-likeness (QED) is 0.770.